The number of benzene rings is 2. The Morgan fingerprint density at radius 2 is 0.833 bits per heavy atom. The minimum Gasteiger partial charge on any atom is -0.507 e. The van der Waals surface area contributed by atoms with Crippen molar-refractivity contribution in [2.75, 3.05) is 0 Å². The molecule has 1 saturated carbocycles. The van der Waals surface area contributed by atoms with Crippen molar-refractivity contribution in [2.45, 2.75) is 104 Å². The molecule has 3 rings (SSSR count). The summed E-state index contributed by atoms with van der Waals surface area (Å²) in [5.41, 5.74) is 6.83. The normalized spacial score (nSPS) is 16.0. The summed E-state index contributed by atoms with van der Waals surface area (Å²) in [6.07, 6.45) is 3.45. The minimum atomic E-state index is -0.0258. The molecule has 1 aliphatic rings. The topological polar surface area (TPSA) is 40.5 Å². The second-order valence-electron chi connectivity index (χ2n) is 10.6. The van der Waals surface area contributed by atoms with Gasteiger partial charge in [-0.3, -0.25) is 0 Å². The fraction of sp³-hybridized carbons (Fsp3) is 0.571. The Labute approximate surface area is 183 Å². The Balaban J connectivity index is 2.28. The first-order valence-electron chi connectivity index (χ1n) is 11.7. The first kappa shape index (κ1) is 22.7. The first-order chi connectivity index (χ1) is 14.0. The van der Waals surface area contributed by atoms with Gasteiger partial charge in [-0.2, -0.15) is 0 Å². The molecule has 2 N–H and O–H groups in total. The fourth-order valence-electron chi connectivity index (χ4n) is 4.95. The molecule has 0 bridgehead atoms. The van der Waals surface area contributed by atoms with Gasteiger partial charge in [-0.1, -0.05) is 86.1 Å². The standard InChI is InChI=1S/C28H40O2/c1-16(2)22-12-20(13-23(17(3)4)26(22)29)28(10-9-11-28)21-14-24(18(5)6)27(30)25(15-21)19(7)8/h12-19,29-30H,9-11H2,1-8H3. The maximum absolute atomic E-state index is 10.9. The molecule has 0 spiro atoms. The summed E-state index contributed by atoms with van der Waals surface area (Å²) in [6.45, 7) is 17.3. The molecule has 1 aliphatic carbocycles. The second kappa shape index (κ2) is 8.29. The molecule has 2 nitrogen and oxygen atoms in total. The van der Waals surface area contributed by atoms with E-state index >= 15 is 0 Å². The van der Waals surface area contributed by atoms with Gasteiger partial charge in [-0.05, 0) is 69.9 Å². The Bertz CT molecular complexity index is 785. The summed E-state index contributed by atoms with van der Waals surface area (Å²) in [7, 11) is 0. The van der Waals surface area contributed by atoms with Gasteiger partial charge in [-0.25, -0.2) is 0 Å². The van der Waals surface area contributed by atoms with Gasteiger partial charge in [0, 0.05) is 5.41 Å². The SMILES string of the molecule is CC(C)c1cc(C2(c3cc(C(C)C)c(O)c(C(C)C)c3)CCC2)cc(C(C)C)c1O. The third-order valence-corrected chi connectivity index (χ3v) is 7.14. The van der Waals surface area contributed by atoms with Crippen molar-refractivity contribution in [3.05, 3.63) is 57.6 Å². The third kappa shape index (κ3) is 3.74. The molecule has 0 saturated heterocycles. The van der Waals surface area contributed by atoms with E-state index in [-0.39, 0.29) is 29.1 Å². The summed E-state index contributed by atoms with van der Waals surface area (Å²) in [6, 6.07) is 9.01. The lowest BCUT2D eigenvalue weighted by Gasteiger charge is -2.44. The van der Waals surface area contributed by atoms with E-state index in [0.717, 1.165) is 35.1 Å². The summed E-state index contributed by atoms with van der Waals surface area (Å²) < 4.78 is 0. The van der Waals surface area contributed by atoms with Gasteiger partial charge in [0.1, 0.15) is 11.5 Å². The Morgan fingerprint density at radius 1 is 0.567 bits per heavy atom. The quantitative estimate of drug-likeness (QED) is 0.507. The zero-order chi connectivity index (χ0) is 22.4. The van der Waals surface area contributed by atoms with Crippen LogP contribution in [0, 0.1) is 0 Å². The molecule has 2 aromatic carbocycles. The zero-order valence-electron chi connectivity index (χ0n) is 20.1. The lowest BCUT2D eigenvalue weighted by Crippen LogP contribution is -2.36. The van der Waals surface area contributed by atoms with Crippen LogP contribution < -0.4 is 0 Å². The molecule has 164 valence electrons. The molecule has 0 atom stereocenters. The average molecular weight is 409 g/mol. The van der Waals surface area contributed by atoms with E-state index in [9.17, 15) is 10.2 Å². The molecular formula is C28H40O2. The van der Waals surface area contributed by atoms with Gasteiger partial charge in [0.15, 0.2) is 0 Å². The molecule has 0 amide bonds. The molecule has 0 heterocycles. The van der Waals surface area contributed by atoms with Crippen LogP contribution in [-0.2, 0) is 5.41 Å². The van der Waals surface area contributed by atoms with E-state index in [4.69, 9.17) is 0 Å². The number of aromatic hydroxyl groups is 2. The number of rotatable bonds is 6. The summed E-state index contributed by atoms with van der Waals surface area (Å²) in [5, 5.41) is 21.8. The molecular weight excluding hydrogens is 368 g/mol. The molecule has 1 fully saturated rings. The Kier molecular flexibility index (Phi) is 6.28. The predicted octanol–water partition coefficient (Wildman–Crippen LogP) is 8.06. The van der Waals surface area contributed by atoms with E-state index in [1.807, 2.05) is 0 Å². The van der Waals surface area contributed by atoms with Crippen molar-refractivity contribution in [1.82, 2.24) is 0 Å². The lowest BCUT2D eigenvalue weighted by atomic mass is 9.59. The Hall–Kier alpha value is -1.96. The van der Waals surface area contributed by atoms with E-state index in [0.29, 0.717) is 11.5 Å². The number of hydrogen-bond donors (Lipinski definition) is 2. The molecule has 0 radical (unpaired) electrons. The smallest absolute Gasteiger partial charge is 0.122 e. The van der Waals surface area contributed by atoms with Gasteiger partial charge in [0.2, 0.25) is 0 Å². The third-order valence-electron chi connectivity index (χ3n) is 7.14. The molecule has 30 heavy (non-hydrogen) atoms. The van der Waals surface area contributed by atoms with Crippen LogP contribution in [0.5, 0.6) is 11.5 Å². The number of phenols is 2. The van der Waals surface area contributed by atoms with Crippen LogP contribution in [0.15, 0.2) is 24.3 Å². The highest BCUT2D eigenvalue weighted by Crippen LogP contribution is 2.53. The van der Waals surface area contributed by atoms with Crippen LogP contribution in [0.25, 0.3) is 0 Å². The second-order valence-corrected chi connectivity index (χ2v) is 10.6. The summed E-state index contributed by atoms with van der Waals surface area (Å²) in [4.78, 5) is 0. The first-order valence-corrected chi connectivity index (χ1v) is 11.7. The minimum absolute atomic E-state index is 0.0258. The van der Waals surface area contributed by atoms with E-state index in [2.05, 4.69) is 79.7 Å². The predicted molar refractivity (Wildman–Crippen MR) is 127 cm³/mol. The Morgan fingerprint density at radius 3 is 1.00 bits per heavy atom. The van der Waals surface area contributed by atoms with Crippen molar-refractivity contribution in [2.24, 2.45) is 0 Å². The van der Waals surface area contributed by atoms with Gasteiger partial charge >= 0.3 is 0 Å². The molecule has 2 aromatic rings. The monoisotopic (exact) mass is 408 g/mol. The molecule has 0 aliphatic heterocycles. The fourth-order valence-corrected chi connectivity index (χ4v) is 4.95. The van der Waals surface area contributed by atoms with E-state index in [1.165, 1.54) is 17.5 Å². The van der Waals surface area contributed by atoms with Crippen LogP contribution in [-0.4, -0.2) is 10.2 Å². The van der Waals surface area contributed by atoms with Gasteiger partial charge in [-0.15, -0.1) is 0 Å². The van der Waals surface area contributed by atoms with Crippen LogP contribution in [0.1, 0.15) is 132 Å². The highest BCUT2D eigenvalue weighted by molar-refractivity contribution is 5.56. The van der Waals surface area contributed by atoms with Crippen LogP contribution in [0.4, 0.5) is 0 Å². The maximum atomic E-state index is 10.9. The van der Waals surface area contributed by atoms with E-state index in [1.54, 1.807) is 0 Å². The van der Waals surface area contributed by atoms with Crippen LogP contribution in [0.3, 0.4) is 0 Å². The zero-order valence-corrected chi connectivity index (χ0v) is 20.1. The van der Waals surface area contributed by atoms with Gasteiger partial charge in [0.25, 0.3) is 0 Å². The van der Waals surface area contributed by atoms with Crippen molar-refractivity contribution < 1.29 is 10.2 Å². The van der Waals surface area contributed by atoms with E-state index < -0.39 is 0 Å². The average Bonchev–Trinajstić information content (AvgIpc) is 2.61. The van der Waals surface area contributed by atoms with Gasteiger partial charge < -0.3 is 10.2 Å². The molecule has 0 aromatic heterocycles. The number of phenolic OH excluding ortho intramolecular Hbond substituents is 2. The van der Waals surface area contributed by atoms with Crippen LogP contribution >= 0.6 is 0 Å². The largest absolute Gasteiger partial charge is 0.507 e. The lowest BCUT2D eigenvalue weighted by molar-refractivity contribution is 0.299. The van der Waals surface area contributed by atoms with Gasteiger partial charge in [0.05, 0.1) is 0 Å². The van der Waals surface area contributed by atoms with Crippen molar-refractivity contribution in [3.8, 4) is 11.5 Å². The molecule has 2 heteroatoms. The highest BCUT2D eigenvalue weighted by Gasteiger charge is 2.42. The maximum Gasteiger partial charge on any atom is 0.122 e. The van der Waals surface area contributed by atoms with Crippen LogP contribution in [0.2, 0.25) is 0 Å². The summed E-state index contributed by atoms with van der Waals surface area (Å²) >= 11 is 0. The summed E-state index contributed by atoms with van der Waals surface area (Å²) in [5.74, 6) is 2.03. The highest BCUT2D eigenvalue weighted by atomic mass is 16.3. The number of hydrogen-bond acceptors (Lipinski definition) is 2. The van der Waals surface area contributed by atoms with Crippen molar-refractivity contribution in [1.29, 1.82) is 0 Å². The molecule has 0 unspecified atom stereocenters. The van der Waals surface area contributed by atoms with Crippen molar-refractivity contribution >= 4 is 0 Å². The van der Waals surface area contributed by atoms with Crippen molar-refractivity contribution in [3.63, 3.8) is 0 Å².